The zero-order valence-corrected chi connectivity index (χ0v) is 13.3. The average molecular weight is 327 g/mol. The Labute approximate surface area is 138 Å². The number of H-pyrrole nitrogens is 1. The van der Waals surface area contributed by atoms with Crippen LogP contribution < -0.4 is 5.32 Å². The van der Waals surface area contributed by atoms with Crippen LogP contribution in [0, 0.1) is 5.82 Å². The topological polar surface area (TPSA) is 67.0 Å². The van der Waals surface area contributed by atoms with E-state index in [0.717, 1.165) is 5.56 Å². The lowest BCUT2D eigenvalue weighted by molar-refractivity contribution is -0.131. The van der Waals surface area contributed by atoms with Crippen LogP contribution >= 0.6 is 0 Å². The fraction of sp³-hybridized carbons (Fsp3) is 0.222. The SMILES string of the molecule is COC(C(=O)NCCc1nc2ccc(F)cc2[nH]1)c1ccccc1. The molecule has 0 radical (unpaired) electrons. The van der Waals surface area contributed by atoms with Crippen LogP contribution in [-0.4, -0.2) is 29.5 Å². The molecule has 0 saturated carbocycles. The predicted octanol–water partition coefficient (Wildman–Crippen LogP) is 2.75. The highest BCUT2D eigenvalue weighted by Crippen LogP contribution is 2.16. The van der Waals surface area contributed by atoms with Gasteiger partial charge in [0.25, 0.3) is 5.91 Å². The second-order valence-electron chi connectivity index (χ2n) is 5.41. The monoisotopic (exact) mass is 327 g/mol. The smallest absolute Gasteiger partial charge is 0.253 e. The average Bonchev–Trinajstić information content (AvgIpc) is 2.98. The van der Waals surface area contributed by atoms with Crippen molar-refractivity contribution in [3.8, 4) is 0 Å². The molecule has 5 nitrogen and oxygen atoms in total. The van der Waals surface area contributed by atoms with Crippen LogP contribution in [0.3, 0.4) is 0 Å². The molecule has 0 aliphatic carbocycles. The summed E-state index contributed by atoms with van der Waals surface area (Å²) >= 11 is 0. The molecule has 0 aliphatic rings. The molecule has 24 heavy (non-hydrogen) atoms. The third-order valence-electron chi connectivity index (χ3n) is 3.73. The number of imidazole rings is 1. The molecule has 0 bridgehead atoms. The lowest BCUT2D eigenvalue weighted by atomic mass is 10.1. The number of nitrogens with one attached hydrogen (secondary N) is 2. The van der Waals surface area contributed by atoms with Crippen molar-refractivity contribution in [2.24, 2.45) is 0 Å². The van der Waals surface area contributed by atoms with Crippen molar-refractivity contribution in [3.05, 3.63) is 65.7 Å². The maximum absolute atomic E-state index is 13.2. The van der Waals surface area contributed by atoms with Gasteiger partial charge in [-0.2, -0.15) is 0 Å². The molecular formula is C18H18FN3O2. The number of halogens is 1. The molecule has 2 N–H and O–H groups in total. The van der Waals surface area contributed by atoms with Crippen LogP contribution in [0.25, 0.3) is 11.0 Å². The zero-order chi connectivity index (χ0) is 16.9. The van der Waals surface area contributed by atoms with Gasteiger partial charge < -0.3 is 15.0 Å². The Balaban J connectivity index is 1.59. The first kappa shape index (κ1) is 16.1. The number of aromatic amines is 1. The maximum atomic E-state index is 13.2. The molecule has 1 atom stereocenters. The highest BCUT2D eigenvalue weighted by molar-refractivity contribution is 5.82. The molecule has 1 aromatic heterocycles. The van der Waals surface area contributed by atoms with Gasteiger partial charge in [-0.05, 0) is 23.8 Å². The van der Waals surface area contributed by atoms with Crippen LogP contribution in [0.5, 0.6) is 0 Å². The second kappa shape index (κ2) is 7.23. The first-order valence-corrected chi connectivity index (χ1v) is 7.67. The molecule has 0 aliphatic heterocycles. The Morgan fingerprint density at radius 1 is 1.29 bits per heavy atom. The lowest BCUT2D eigenvalue weighted by Gasteiger charge is -2.15. The van der Waals surface area contributed by atoms with Crippen LogP contribution in [-0.2, 0) is 16.0 Å². The number of nitrogens with zero attached hydrogens (tertiary/aromatic N) is 1. The van der Waals surface area contributed by atoms with E-state index in [9.17, 15) is 9.18 Å². The van der Waals surface area contributed by atoms with E-state index in [2.05, 4.69) is 15.3 Å². The fourth-order valence-corrected chi connectivity index (χ4v) is 2.57. The van der Waals surface area contributed by atoms with Gasteiger partial charge in [0.15, 0.2) is 6.10 Å². The summed E-state index contributed by atoms with van der Waals surface area (Å²) in [5, 5.41) is 2.84. The van der Waals surface area contributed by atoms with E-state index in [1.165, 1.54) is 19.2 Å². The number of hydrogen-bond donors (Lipinski definition) is 2. The van der Waals surface area contributed by atoms with Gasteiger partial charge in [0.2, 0.25) is 0 Å². The number of rotatable bonds is 6. The summed E-state index contributed by atoms with van der Waals surface area (Å²) in [6, 6.07) is 13.7. The fourth-order valence-electron chi connectivity index (χ4n) is 2.57. The van der Waals surface area contributed by atoms with Gasteiger partial charge in [-0.1, -0.05) is 30.3 Å². The zero-order valence-electron chi connectivity index (χ0n) is 13.3. The summed E-state index contributed by atoms with van der Waals surface area (Å²) in [6.45, 7) is 0.411. The Hall–Kier alpha value is -2.73. The van der Waals surface area contributed by atoms with Crippen LogP contribution in [0.1, 0.15) is 17.5 Å². The van der Waals surface area contributed by atoms with Gasteiger partial charge in [-0.3, -0.25) is 4.79 Å². The number of benzene rings is 2. The molecule has 0 saturated heterocycles. The number of amides is 1. The number of aromatic nitrogens is 2. The first-order valence-electron chi connectivity index (χ1n) is 7.67. The summed E-state index contributed by atoms with van der Waals surface area (Å²) in [7, 11) is 1.51. The predicted molar refractivity (Wildman–Crippen MR) is 89.0 cm³/mol. The highest BCUT2D eigenvalue weighted by atomic mass is 19.1. The molecule has 0 fully saturated rings. The Kier molecular flexibility index (Phi) is 4.86. The largest absolute Gasteiger partial charge is 0.367 e. The van der Waals surface area contributed by atoms with Crippen molar-refractivity contribution in [1.82, 2.24) is 15.3 Å². The molecule has 1 amide bonds. The van der Waals surface area contributed by atoms with Gasteiger partial charge >= 0.3 is 0 Å². The molecule has 0 spiro atoms. The van der Waals surface area contributed by atoms with Crippen molar-refractivity contribution < 1.29 is 13.9 Å². The van der Waals surface area contributed by atoms with Crippen molar-refractivity contribution in [3.63, 3.8) is 0 Å². The van der Waals surface area contributed by atoms with Crippen molar-refractivity contribution >= 4 is 16.9 Å². The number of ether oxygens (including phenoxy) is 1. The molecule has 3 rings (SSSR count). The van der Waals surface area contributed by atoms with Crippen molar-refractivity contribution in [2.45, 2.75) is 12.5 Å². The third-order valence-corrected chi connectivity index (χ3v) is 3.73. The second-order valence-corrected chi connectivity index (χ2v) is 5.41. The molecular weight excluding hydrogens is 309 g/mol. The van der Waals surface area contributed by atoms with E-state index in [4.69, 9.17) is 4.74 Å². The Morgan fingerprint density at radius 3 is 2.83 bits per heavy atom. The molecule has 2 aromatic carbocycles. The minimum Gasteiger partial charge on any atom is -0.367 e. The summed E-state index contributed by atoms with van der Waals surface area (Å²) in [5.74, 6) is 0.187. The minimum atomic E-state index is -0.643. The first-order chi connectivity index (χ1) is 11.7. The molecule has 1 unspecified atom stereocenters. The number of methoxy groups -OCH3 is 1. The van der Waals surface area contributed by atoms with E-state index in [1.54, 1.807) is 6.07 Å². The number of carbonyl (C=O) groups is 1. The summed E-state index contributed by atoms with van der Waals surface area (Å²) in [6.07, 6.45) is -0.122. The van der Waals surface area contributed by atoms with E-state index >= 15 is 0 Å². The number of fused-ring (bicyclic) bond motifs is 1. The van der Waals surface area contributed by atoms with Crippen LogP contribution in [0.4, 0.5) is 4.39 Å². The lowest BCUT2D eigenvalue weighted by Crippen LogP contribution is -2.32. The van der Waals surface area contributed by atoms with E-state index < -0.39 is 6.10 Å². The van der Waals surface area contributed by atoms with Gasteiger partial charge in [-0.15, -0.1) is 0 Å². The Bertz CT molecular complexity index is 833. The minimum absolute atomic E-state index is 0.203. The summed E-state index contributed by atoms with van der Waals surface area (Å²) < 4.78 is 18.5. The quantitative estimate of drug-likeness (QED) is 0.731. The van der Waals surface area contributed by atoms with Gasteiger partial charge in [0.1, 0.15) is 11.6 Å². The van der Waals surface area contributed by atoms with Gasteiger partial charge in [0.05, 0.1) is 11.0 Å². The van der Waals surface area contributed by atoms with Crippen molar-refractivity contribution in [2.75, 3.05) is 13.7 Å². The molecule has 3 aromatic rings. The Morgan fingerprint density at radius 2 is 2.08 bits per heavy atom. The highest BCUT2D eigenvalue weighted by Gasteiger charge is 2.19. The van der Waals surface area contributed by atoms with Crippen LogP contribution in [0.15, 0.2) is 48.5 Å². The van der Waals surface area contributed by atoms with E-state index in [0.29, 0.717) is 29.8 Å². The standard InChI is InChI=1S/C18H18FN3O2/c1-24-17(12-5-3-2-4-6-12)18(23)20-10-9-16-21-14-8-7-13(19)11-15(14)22-16/h2-8,11,17H,9-10H2,1H3,(H,20,23)(H,21,22). The third kappa shape index (κ3) is 3.60. The number of hydrogen-bond acceptors (Lipinski definition) is 3. The molecule has 124 valence electrons. The van der Waals surface area contributed by atoms with E-state index in [-0.39, 0.29) is 11.7 Å². The van der Waals surface area contributed by atoms with Crippen molar-refractivity contribution in [1.29, 1.82) is 0 Å². The normalized spacial score (nSPS) is 12.2. The summed E-state index contributed by atoms with van der Waals surface area (Å²) in [5.41, 5.74) is 2.16. The number of carbonyl (C=O) groups excluding carboxylic acids is 1. The van der Waals surface area contributed by atoms with E-state index in [1.807, 2.05) is 30.3 Å². The van der Waals surface area contributed by atoms with Crippen LogP contribution in [0.2, 0.25) is 0 Å². The van der Waals surface area contributed by atoms with Gasteiger partial charge in [-0.25, -0.2) is 9.37 Å². The maximum Gasteiger partial charge on any atom is 0.253 e. The molecule has 6 heteroatoms. The molecule has 1 heterocycles. The summed E-state index contributed by atoms with van der Waals surface area (Å²) in [4.78, 5) is 19.7. The van der Waals surface area contributed by atoms with Gasteiger partial charge in [0, 0.05) is 20.1 Å².